The minimum Gasteiger partial charge on any atom is -0.464 e. The average Bonchev–Trinajstić information content (AvgIpc) is 3.02. The van der Waals surface area contributed by atoms with Gasteiger partial charge in [0.15, 0.2) is 0 Å². The highest BCUT2D eigenvalue weighted by molar-refractivity contribution is 8.13. The maximum absolute atomic E-state index is 12.0. The van der Waals surface area contributed by atoms with Gasteiger partial charge in [-0.1, -0.05) is 48.5 Å². The van der Waals surface area contributed by atoms with Crippen molar-refractivity contribution in [2.75, 3.05) is 36.4 Å². The van der Waals surface area contributed by atoms with E-state index in [0.29, 0.717) is 23.5 Å². The summed E-state index contributed by atoms with van der Waals surface area (Å²) in [5.41, 5.74) is 3.79. The van der Waals surface area contributed by atoms with E-state index in [2.05, 4.69) is 35.4 Å². The number of para-hydroxylation sites is 2. The first-order valence-electron chi connectivity index (χ1n) is 13.0. The summed E-state index contributed by atoms with van der Waals surface area (Å²) in [5, 5.41) is 3.27. The Balaban J connectivity index is 0.000000277. The van der Waals surface area contributed by atoms with Gasteiger partial charge in [-0.05, 0) is 47.5 Å². The second-order valence-electron chi connectivity index (χ2n) is 9.09. The van der Waals surface area contributed by atoms with Gasteiger partial charge in [-0.15, -0.1) is 0 Å². The molecule has 0 bridgehead atoms. The zero-order valence-electron chi connectivity index (χ0n) is 25.0. The van der Waals surface area contributed by atoms with Crippen molar-refractivity contribution in [3.63, 3.8) is 0 Å². The molecule has 240 valence electrons. The molecule has 0 radical (unpaired) electrons. The molecule has 15 heteroatoms. The minimum absolute atomic E-state index is 0.136. The number of esters is 2. The number of carbonyl (C=O) groups excluding carboxylic acids is 2. The summed E-state index contributed by atoms with van der Waals surface area (Å²) in [4.78, 5) is 30.6. The van der Waals surface area contributed by atoms with Crippen molar-refractivity contribution in [1.29, 1.82) is 0 Å². The predicted octanol–water partition coefficient (Wildman–Crippen LogP) is 4.50. The van der Waals surface area contributed by atoms with Crippen LogP contribution in [0.25, 0.3) is 0 Å². The van der Waals surface area contributed by atoms with Crippen LogP contribution < -0.4 is 9.62 Å². The van der Waals surface area contributed by atoms with Crippen molar-refractivity contribution < 1.29 is 35.9 Å². The first-order chi connectivity index (χ1) is 21.2. The molecule has 4 rings (SSSR count). The molecule has 0 atom stereocenters. The highest BCUT2D eigenvalue weighted by Gasteiger charge is 2.18. The third-order valence-corrected chi connectivity index (χ3v) is 6.62. The third kappa shape index (κ3) is 14.2. The Morgan fingerprint density at radius 1 is 0.733 bits per heavy atom. The number of nitrogens with one attached hydrogen (secondary N) is 1. The second kappa shape index (κ2) is 17.7. The normalized spacial score (nSPS) is 10.6. The summed E-state index contributed by atoms with van der Waals surface area (Å²) in [7, 11) is 0.493. The molecule has 0 aliphatic carbocycles. The second-order valence-corrected chi connectivity index (χ2v) is 14.0. The van der Waals surface area contributed by atoms with Crippen molar-refractivity contribution in [1.82, 2.24) is 9.97 Å². The van der Waals surface area contributed by atoms with Crippen LogP contribution in [0.1, 0.15) is 32.1 Å². The van der Waals surface area contributed by atoms with Crippen molar-refractivity contribution in [3.05, 3.63) is 120 Å². The molecule has 12 nitrogen and oxygen atoms in total. The fourth-order valence-corrected chi connectivity index (χ4v) is 4.31. The summed E-state index contributed by atoms with van der Waals surface area (Å²) >= 11 is 0. The first-order valence-corrected chi connectivity index (χ1v) is 17.6. The van der Waals surface area contributed by atoms with E-state index in [4.69, 9.17) is 0 Å². The van der Waals surface area contributed by atoms with Gasteiger partial charge >= 0.3 is 11.9 Å². The Labute approximate surface area is 267 Å². The number of aromatic nitrogens is 2. The number of halogens is 1. The van der Waals surface area contributed by atoms with Gasteiger partial charge in [0.05, 0.1) is 39.0 Å². The number of hydrogen-bond donors (Lipinski definition) is 1. The van der Waals surface area contributed by atoms with Crippen LogP contribution in [0.15, 0.2) is 97.3 Å². The van der Waals surface area contributed by atoms with Crippen molar-refractivity contribution >= 4 is 53.1 Å². The van der Waals surface area contributed by atoms with Crippen LogP contribution in [0.2, 0.25) is 0 Å². The van der Waals surface area contributed by atoms with Gasteiger partial charge in [-0.25, -0.2) is 36.4 Å². The van der Waals surface area contributed by atoms with Gasteiger partial charge in [-0.3, -0.25) is 4.31 Å². The minimum atomic E-state index is -3.43. The molecule has 4 aromatic rings. The van der Waals surface area contributed by atoms with Gasteiger partial charge in [-0.2, -0.15) is 0 Å². The lowest BCUT2D eigenvalue weighted by Crippen LogP contribution is -2.29. The smallest absolute Gasteiger partial charge is 0.356 e. The van der Waals surface area contributed by atoms with E-state index in [0.717, 1.165) is 23.8 Å². The molecular formula is C30H33ClN4O8S2. The zero-order valence-corrected chi connectivity index (χ0v) is 27.3. The van der Waals surface area contributed by atoms with E-state index in [1.807, 2.05) is 42.5 Å². The molecule has 0 unspecified atom stereocenters. The third-order valence-electron chi connectivity index (χ3n) is 5.48. The molecule has 2 heterocycles. The maximum atomic E-state index is 12.0. The van der Waals surface area contributed by atoms with Crippen LogP contribution in [0, 0.1) is 0 Å². The van der Waals surface area contributed by atoms with Crippen molar-refractivity contribution in [2.24, 2.45) is 0 Å². The fraction of sp³-hybridized carbons (Fsp3) is 0.200. The number of benzene rings is 2. The molecule has 45 heavy (non-hydrogen) atoms. The fourth-order valence-electron chi connectivity index (χ4n) is 3.42. The summed E-state index contributed by atoms with van der Waals surface area (Å²) in [6, 6.07) is 25.4. The average molecular weight is 677 g/mol. The van der Waals surface area contributed by atoms with Gasteiger partial charge in [0.2, 0.25) is 19.1 Å². The molecule has 0 aliphatic heterocycles. The monoisotopic (exact) mass is 676 g/mol. The molecule has 0 saturated carbocycles. The first kappa shape index (κ1) is 36.7. The van der Waals surface area contributed by atoms with E-state index in [9.17, 15) is 26.4 Å². The molecule has 2 aromatic carbocycles. The van der Waals surface area contributed by atoms with Crippen LogP contribution in [0.5, 0.6) is 0 Å². The van der Waals surface area contributed by atoms with E-state index in [1.165, 1.54) is 30.8 Å². The number of anilines is 2. The summed E-state index contributed by atoms with van der Waals surface area (Å²) in [6.45, 7) is 0.801. The highest BCUT2D eigenvalue weighted by atomic mass is 35.7. The Hall–Kier alpha value is -4.53. The van der Waals surface area contributed by atoms with Crippen LogP contribution in [-0.4, -0.2) is 65.5 Å². The number of carbonyl (C=O) groups is 2. The summed E-state index contributed by atoms with van der Waals surface area (Å²) in [6.07, 6.45) is 5.21. The molecule has 0 aliphatic rings. The lowest BCUT2D eigenvalue weighted by atomic mass is 10.2. The standard InChI is InChI=1S/C15H16N2O4S.C14H14N2O2.CH3ClO2S/c1-21-15(18)14-9-8-12(10-16-14)11-17(22(2,19)20)13-6-4-3-5-7-13;1-18-14(17)13-8-7-11(10-16-13)9-15-12-5-3-2-4-6-12;1-5(2,3)4/h3-10H,11H2,1-2H3;2-8,10,15H,9H2,1H3;1H3. The lowest BCUT2D eigenvalue weighted by molar-refractivity contribution is 0.0585. The molecule has 1 N–H and O–H groups in total. The van der Waals surface area contributed by atoms with E-state index >= 15 is 0 Å². The van der Waals surface area contributed by atoms with E-state index in [-0.39, 0.29) is 12.2 Å². The van der Waals surface area contributed by atoms with Crippen LogP contribution >= 0.6 is 10.7 Å². The van der Waals surface area contributed by atoms with E-state index < -0.39 is 31.0 Å². The predicted molar refractivity (Wildman–Crippen MR) is 173 cm³/mol. The van der Waals surface area contributed by atoms with Gasteiger partial charge in [0.1, 0.15) is 11.4 Å². The topological polar surface area (TPSA) is 162 Å². The number of sulfonamides is 1. The highest BCUT2D eigenvalue weighted by Crippen LogP contribution is 2.20. The number of pyridine rings is 2. The maximum Gasteiger partial charge on any atom is 0.356 e. The number of methoxy groups -OCH3 is 2. The quantitative estimate of drug-likeness (QED) is 0.196. The summed E-state index contributed by atoms with van der Waals surface area (Å²) < 4.78 is 53.2. The van der Waals surface area contributed by atoms with Gasteiger partial charge < -0.3 is 14.8 Å². The number of ether oxygens (including phenoxy) is 2. The zero-order chi connectivity index (χ0) is 33.5. The largest absolute Gasteiger partial charge is 0.464 e. The van der Waals surface area contributed by atoms with Crippen LogP contribution in [-0.2, 0) is 41.6 Å². The van der Waals surface area contributed by atoms with Crippen LogP contribution in [0.4, 0.5) is 11.4 Å². The van der Waals surface area contributed by atoms with E-state index in [1.54, 1.807) is 42.6 Å². The van der Waals surface area contributed by atoms with Gasteiger partial charge in [0.25, 0.3) is 0 Å². The Kier molecular flexibility index (Phi) is 14.4. The lowest BCUT2D eigenvalue weighted by Gasteiger charge is -2.22. The Bertz CT molecular complexity index is 1720. The molecule has 2 aromatic heterocycles. The molecule has 0 fully saturated rings. The Morgan fingerprint density at radius 3 is 1.58 bits per heavy atom. The van der Waals surface area contributed by atoms with Gasteiger partial charge in [0, 0.05) is 35.3 Å². The van der Waals surface area contributed by atoms with Crippen molar-refractivity contribution in [2.45, 2.75) is 13.1 Å². The molecule has 0 spiro atoms. The SMILES string of the molecule is COC(=O)c1ccc(CN(c2ccccc2)S(C)(=O)=O)cn1.COC(=O)c1ccc(CNc2ccccc2)cn1.CS(=O)(=O)Cl. The summed E-state index contributed by atoms with van der Waals surface area (Å²) in [5.74, 6) is -0.952. The van der Waals surface area contributed by atoms with Crippen molar-refractivity contribution in [3.8, 4) is 0 Å². The van der Waals surface area contributed by atoms with Crippen LogP contribution in [0.3, 0.4) is 0 Å². The molecule has 0 saturated heterocycles. The molecule has 0 amide bonds. The number of hydrogen-bond acceptors (Lipinski definition) is 11. The number of nitrogens with zero attached hydrogens (tertiary/aromatic N) is 3. The molecular weight excluding hydrogens is 644 g/mol. The Morgan fingerprint density at radius 2 is 1.18 bits per heavy atom. The number of rotatable bonds is 9.